The van der Waals surface area contributed by atoms with Crippen molar-refractivity contribution in [2.45, 2.75) is 37.8 Å². The van der Waals surface area contributed by atoms with Crippen LogP contribution in [0.2, 0.25) is 0 Å². The van der Waals surface area contributed by atoms with Crippen molar-refractivity contribution in [2.75, 3.05) is 75.0 Å². The van der Waals surface area contributed by atoms with E-state index in [0.29, 0.717) is 47.8 Å². The minimum Gasteiger partial charge on any atom is -0.490 e. The molecule has 0 saturated carbocycles. The lowest BCUT2D eigenvalue weighted by atomic mass is 10.0. The fourth-order valence-electron chi connectivity index (χ4n) is 8.43. The SMILES string of the molecule is Nc1cncc(-c2cn3ccnc3c(Nc3ccc(N4CCN(C5CCN(C(=O)COCCOc6cccc7c6C(=O)N(C6CCC(=O)NC6=O)C7=O)CC5)CC4)cc3)n2)n1. The molecule has 1 unspecified atom stereocenters. The molecule has 3 saturated heterocycles. The van der Waals surface area contributed by atoms with Crippen LogP contribution in [0.25, 0.3) is 17.0 Å². The summed E-state index contributed by atoms with van der Waals surface area (Å²) in [4.78, 5) is 88.8. The average molecular weight is 829 g/mol. The number of nitrogens with zero attached hydrogens (tertiary/aromatic N) is 9. The number of rotatable bonds is 12. The van der Waals surface area contributed by atoms with Crippen LogP contribution in [-0.2, 0) is 19.1 Å². The first-order valence-electron chi connectivity index (χ1n) is 20.3. The summed E-state index contributed by atoms with van der Waals surface area (Å²) in [6.07, 6.45) is 10.4. The van der Waals surface area contributed by atoms with Gasteiger partial charge in [-0.15, -0.1) is 0 Å². The first kappa shape index (κ1) is 39.5. The number of nitrogen functional groups attached to an aromatic ring is 1. The van der Waals surface area contributed by atoms with Crippen LogP contribution >= 0.6 is 0 Å². The van der Waals surface area contributed by atoms with Crippen LogP contribution in [0.15, 0.2) is 73.4 Å². The van der Waals surface area contributed by atoms with Gasteiger partial charge in [0.2, 0.25) is 17.7 Å². The van der Waals surface area contributed by atoms with Crippen molar-refractivity contribution in [2.24, 2.45) is 0 Å². The molecular formula is C42H44N12O7. The molecule has 5 aromatic rings. The maximum atomic E-state index is 13.3. The number of ether oxygens (including phenoxy) is 2. The zero-order chi connectivity index (χ0) is 42.0. The molecule has 4 aliphatic heterocycles. The highest BCUT2D eigenvalue weighted by Gasteiger charge is 2.46. The predicted molar refractivity (Wildman–Crippen MR) is 221 cm³/mol. The third-order valence-electron chi connectivity index (χ3n) is 11.6. The number of carbonyl (C=O) groups is 5. The topological polar surface area (TPSA) is 223 Å². The van der Waals surface area contributed by atoms with E-state index in [0.717, 1.165) is 55.3 Å². The fourth-order valence-corrected chi connectivity index (χ4v) is 8.43. The van der Waals surface area contributed by atoms with Gasteiger partial charge in [0.15, 0.2) is 11.5 Å². The Balaban J connectivity index is 0.700. The first-order valence-corrected chi connectivity index (χ1v) is 20.3. The maximum absolute atomic E-state index is 13.3. The summed E-state index contributed by atoms with van der Waals surface area (Å²) in [7, 11) is 0. The summed E-state index contributed by atoms with van der Waals surface area (Å²) < 4.78 is 13.4. The van der Waals surface area contributed by atoms with Crippen LogP contribution in [0.5, 0.6) is 5.75 Å². The molecular weight excluding hydrogens is 785 g/mol. The van der Waals surface area contributed by atoms with E-state index in [4.69, 9.17) is 20.2 Å². The van der Waals surface area contributed by atoms with E-state index in [2.05, 4.69) is 47.5 Å². The first-order chi connectivity index (χ1) is 29.7. The number of imide groups is 2. The number of carbonyl (C=O) groups excluding carboxylic acids is 5. The van der Waals surface area contributed by atoms with Crippen LogP contribution in [0, 0.1) is 0 Å². The molecule has 2 aromatic carbocycles. The van der Waals surface area contributed by atoms with Gasteiger partial charge in [0.1, 0.15) is 42.2 Å². The third-order valence-corrected chi connectivity index (χ3v) is 11.6. The Morgan fingerprint density at radius 1 is 0.885 bits per heavy atom. The second-order valence-electron chi connectivity index (χ2n) is 15.3. The lowest BCUT2D eigenvalue weighted by Gasteiger charge is -2.43. The molecule has 4 N–H and O–H groups in total. The zero-order valence-corrected chi connectivity index (χ0v) is 33.2. The molecule has 0 aliphatic carbocycles. The van der Waals surface area contributed by atoms with Crippen LogP contribution in [-0.4, -0.2) is 140 Å². The Hall–Kier alpha value is -6.99. The van der Waals surface area contributed by atoms with E-state index in [1.54, 1.807) is 24.5 Å². The molecule has 3 aromatic heterocycles. The molecule has 61 heavy (non-hydrogen) atoms. The summed E-state index contributed by atoms with van der Waals surface area (Å²) in [5.74, 6) is -1.36. The predicted octanol–water partition coefficient (Wildman–Crippen LogP) is 2.12. The normalized spacial score (nSPS) is 18.8. The van der Waals surface area contributed by atoms with Gasteiger partial charge >= 0.3 is 0 Å². The molecule has 0 radical (unpaired) electrons. The van der Waals surface area contributed by atoms with Crippen molar-refractivity contribution < 1.29 is 33.4 Å². The number of hydrogen-bond donors (Lipinski definition) is 3. The molecule has 9 rings (SSSR count). The summed E-state index contributed by atoms with van der Waals surface area (Å²) in [5, 5.41) is 5.61. The van der Waals surface area contributed by atoms with Gasteiger partial charge in [-0.25, -0.2) is 15.0 Å². The van der Waals surface area contributed by atoms with Crippen LogP contribution in [0.1, 0.15) is 46.4 Å². The fraction of sp³-hybridized carbons (Fsp3) is 0.357. The highest BCUT2D eigenvalue weighted by molar-refractivity contribution is 6.24. The number of nitrogens with one attached hydrogen (secondary N) is 2. The molecule has 19 heteroatoms. The number of aromatic nitrogens is 5. The smallest absolute Gasteiger partial charge is 0.266 e. The van der Waals surface area contributed by atoms with Crippen molar-refractivity contribution in [3.05, 3.63) is 84.6 Å². The summed E-state index contributed by atoms with van der Waals surface area (Å²) in [6, 6.07) is 12.3. The van der Waals surface area contributed by atoms with Crippen molar-refractivity contribution >= 4 is 58.2 Å². The summed E-state index contributed by atoms with van der Waals surface area (Å²) in [6.45, 7) is 5.02. The zero-order valence-electron chi connectivity index (χ0n) is 33.2. The number of piperazine rings is 1. The van der Waals surface area contributed by atoms with Gasteiger partial charge in [0.05, 0.1) is 30.1 Å². The van der Waals surface area contributed by atoms with Gasteiger partial charge in [-0.1, -0.05) is 6.07 Å². The Morgan fingerprint density at radius 3 is 2.46 bits per heavy atom. The van der Waals surface area contributed by atoms with E-state index in [9.17, 15) is 24.0 Å². The van der Waals surface area contributed by atoms with Gasteiger partial charge in [-0.3, -0.25) is 44.1 Å². The van der Waals surface area contributed by atoms with Crippen LogP contribution in [0.3, 0.4) is 0 Å². The highest BCUT2D eigenvalue weighted by Crippen LogP contribution is 2.34. The van der Waals surface area contributed by atoms with Crippen LogP contribution in [0.4, 0.5) is 23.0 Å². The van der Waals surface area contributed by atoms with E-state index in [1.165, 1.54) is 12.3 Å². The third kappa shape index (κ3) is 8.16. The van der Waals surface area contributed by atoms with Crippen LogP contribution < -0.4 is 26.0 Å². The largest absolute Gasteiger partial charge is 0.490 e. The van der Waals surface area contributed by atoms with Gasteiger partial charge in [-0.05, 0) is 55.7 Å². The second-order valence-corrected chi connectivity index (χ2v) is 15.3. The number of anilines is 4. The van der Waals surface area contributed by atoms with Gasteiger partial charge in [0.25, 0.3) is 11.8 Å². The van der Waals surface area contributed by atoms with E-state index >= 15 is 0 Å². The maximum Gasteiger partial charge on any atom is 0.266 e. The summed E-state index contributed by atoms with van der Waals surface area (Å²) >= 11 is 0. The number of imidazole rings is 1. The number of amides is 5. The van der Waals surface area contributed by atoms with Crippen molar-refractivity contribution in [1.29, 1.82) is 0 Å². The quantitative estimate of drug-likeness (QED) is 0.121. The molecule has 0 bridgehead atoms. The van der Waals surface area contributed by atoms with Gasteiger partial charge in [-0.2, -0.15) is 0 Å². The van der Waals surface area contributed by atoms with E-state index < -0.39 is 29.7 Å². The lowest BCUT2D eigenvalue weighted by molar-refractivity contribution is -0.138. The molecule has 4 aliphatic rings. The Morgan fingerprint density at radius 2 is 1.69 bits per heavy atom. The molecule has 7 heterocycles. The van der Waals surface area contributed by atoms with Crippen molar-refractivity contribution in [3.8, 4) is 17.1 Å². The molecule has 5 amide bonds. The molecule has 19 nitrogen and oxygen atoms in total. The van der Waals surface area contributed by atoms with E-state index in [1.807, 2.05) is 33.8 Å². The monoisotopic (exact) mass is 828 g/mol. The molecule has 314 valence electrons. The minimum atomic E-state index is -1.06. The average Bonchev–Trinajstić information content (AvgIpc) is 3.86. The van der Waals surface area contributed by atoms with Gasteiger partial charge in [0, 0.05) is 81.7 Å². The minimum absolute atomic E-state index is 0.0351. The molecule has 1 atom stereocenters. The van der Waals surface area contributed by atoms with Crippen molar-refractivity contribution in [3.63, 3.8) is 0 Å². The Bertz CT molecular complexity index is 2500. The van der Waals surface area contributed by atoms with E-state index in [-0.39, 0.29) is 55.4 Å². The second kappa shape index (κ2) is 16.9. The summed E-state index contributed by atoms with van der Waals surface area (Å²) in [5.41, 5.74) is 9.96. The van der Waals surface area contributed by atoms with Gasteiger partial charge < -0.3 is 34.7 Å². The lowest BCUT2D eigenvalue weighted by Crippen LogP contribution is -2.54. The highest BCUT2D eigenvalue weighted by atomic mass is 16.5. The number of likely N-dealkylation sites (tertiary alicyclic amines) is 1. The molecule has 3 fully saturated rings. The number of hydrogen-bond acceptors (Lipinski definition) is 15. The Labute approximate surface area is 349 Å². The Kier molecular flexibility index (Phi) is 11.0. The number of benzene rings is 2. The number of nitrogens with two attached hydrogens (primary N) is 1. The van der Waals surface area contributed by atoms with Crippen molar-refractivity contribution in [1.82, 2.24) is 44.4 Å². The number of piperidine rings is 2. The standard InChI is InChI=1S/C42H44N12O7/c43-34-23-44-22-30(47-34)31-24-53-15-12-45-39(53)38(48-31)46-26-4-6-27(7-5-26)50-16-18-51(19-17-50)28-10-13-52(14-11-28)36(56)25-60-20-21-61-33-3-1-2-29-37(33)42(59)54(41(29)58)32-8-9-35(55)49-40(32)57/h1-7,12,15,22-24,28,32H,8-11,13-14,16-21,25H2,(H2,43,47)(H,46,48)(H,49,55,57). The molecule has 0 spiro atoms. The number of fused-ring (bicyclic) bond motifs is 2.